The summed E-state index contributed by atoms with van der Waals surface area (Å²) < 4.78 is 26.7. The summed E-state index contributed by atoms with van der Waals surface area (Å²) in [6.45, 7) is 0.246. The monoisotopic (exact) mass is 370 g/mol. The number of carbonyl (C=O) groups excluding carboxylic acids is 1. The molecule has 0 bridgehead atoms. The minimum Gasteiger partial charge on any atom is -0.289 e. The third kappa shape index (κ3) is 3.78. The van der Waals surface area contributed by atoms with Crippen LogP contribution in [0.2, 0.25) is 0 Å². The lowest BCUT2D eigenvalue weighted by Gasteiger charge is -2.22. The van der Waals surface area contributed by atoms with Crippen LogP contribution in [0.3, 0.4) is 0 Å². The summed E-state index contributed by atoms with van der Waals surface area (Å²) in [6.07, 6.45) is 0.949. The number of nitrogens with one attached hydrogen (secondary N) is 1. The molecule has 7 heteroatoms. The average Bonchev–Trinajstić information content (AvgIpc) is 3.18. The Bertz CT molecular complexity index is 945. The van der Waals surface area contributed by atoms with E-state index in [1.165, 1.54) is 17.6 Å². The molecule has 3 rings (SSSR count). The number of rotatable bonds is 3. The maximum absolute atomic E-state index is 12.8. The summed E-state index contributed by atoms with van der Waals surface area (Å²) >= 11 is 0. The van der Waals surface area contributed by atoms with Crippen molar-refractivity contribution in [1.29, 1.82) is 0 Å². The molecule has 1 atom stereocenters. The maximum Gasteiger partial charge on any atom is 0.261 e. The van der Waals surface area contributed by atoms with Crippen LogP contribution in [0.15, 0.2) is 59.5 Å². The fraction of sp³-hybridized carbons (Fsp3) is 0.211. The highest BCUT2D eigenvalue weighted by atomic mass is 32.2. The van der Waals surface area contributed by atoms with Crippen LogP contribution < -0.4 is 5.48 Å². The van der Waals surface area contributed by atoms with Crippen molar-refractivity contribution >= 4 is 15.9 Å². The molecule has 0 unspecified atom stereocenters. The molecule has 0 aliphatic carbocycles. The Morgan fingerprint density at radius 3 is 2.27 bits per heavy atom. The topological polar surface area (TPSA) is 86.7 Å². The molecule has 1 saturated heterocycles. The number of nitrogens with zero attached hydrogens (tertiary/aromatic N) is 1. The number of carbonyl (C=O) groups is 1. The molecule has 0 radical (unpaired) electrons. The van der Waals surface area contributed by atoms with Crippen LogP contribution in [-0.2, 0) is 14.8 Å². The van der Waals surface area contributed by atoms with Gasteiger partial charge >= 0.3 is 0 Å². The van der Waals surface area contributed by atoms with Gasteiger partial charge in [0.2, 0.25) is 10.0 Å². The summed E-state index contributed by atoms with van der Waals surface area (Å²) in [6, 6.07) is 14.9. The van der Waals surface area contributed by atoms with Crippen molar-refractivity contribution in [2.45, 2.75) is 23.8 Å². The van der Waals surface area contributed by atoms with Gasteiger partial charge in [0.15, 0.2) is 0 Å². The van der Waals surface area contributed by atoms with E-state index in [0.717, 1.165) is 9.87 Å². The van der Waals surface area contributed by atoms with Gasteiger partial charge in [-0.05, 0) is 49.2 Å². The lowest BCUT2D eigenvalue weighted by atomic mass is 10.2. The minimum atomic E-state index is -3.81. The summed E-state index contributed by atoms with van der Waals surface area (Å²) in [5.74, 6) is 5.29. The molecule has 26 heavy (non-hydrogen) atoms. The Morgan fingerprint density at radius 2 is 1.65 bits per heavy atom. The molecule has 0 aromatic heterocycles. The van der Waals surface area contributed by atoms with E-state index in [4.69, 9.17) is 5.21 Å². The second-order valence-corrected chi connectivity index (χ2v) is 7.78. The first-order valence-electron chi connectivity index (χ1n) is 8.15. The third-order valence-electron chi connectivity index (χ3n) is 4.20. The lowest BCUT2D eigenvalue weighted by Crippen LogP contribution is -2.44. The zero-order valence-electron chi connectivity index (χ0n) is 13.9. The van der Waals surface area contributed by atoms with Crippen LogP contribution in [0.1, 0.15) is 24.0 Å². The van der Waals surface area contributed by atoms with Gasteiger partial charge in [0.25, 0.3) is 5.91 Å². The SMILES string of the molecule is O=C(NO)[C@H]1CCCN1S(=O)(=O)c1ccc(C#Cc2ccccc2)cc1. The largest absolute Gasteiger partial charge is 0.289 e. The molecule has 1 fully saturated rings. The molecule has 134 valence electrons. The fourth-order valence-corrected chi connectivity index (χ4v) is 4.53. The average molecular weight is 370 g/mol. The predicted molar refractivity (Wildman–Crippen MR) is 95.7 cm³/mol. The molecule has 2 aromatic rings. The molecule has 1 amide bonds. The van der Waals surface area contributed by atoms with Crippen LogP contribution in [0, 0.1) is 11.8 Å². The van der Waals surface area contributed by atoms with Gasteiger partial charge in [-0.3, -0.25) is 10.0 Å². The highest BCUT2D eigenvalue weighted by molar-refractivity contribution is 7.89. The molecule has 6 nitrogen and oxygen atoms in total. The summed E-state index contributed by atoms with van der Waals surface area (Å²) in [7, 11) is -3.81. The van der Waals surface area contributed by atoms with Crippen molar-refractivity contribution in [1.82, 2.24) is 9.79 Å². The van der Waals surface area contributed by atoms with Gasteiger partial charge in [-0.15, -0.1) is 0 Å². The second-order valence-electron chi connectivity index (χ2n) is 5.89. The lowest BCUT2D eigenvalue weighted by molar-refractivity contribution is -0.132. The predicted octanol–water partition coefficient (Wildman–Crippen LogP) is 1.74. The van der Waals surface area contributed by atoms with Gasteiger partial charge in [-0.2, -0.15) is 4.31 Å². The smallest absolute Gasteiger partial charge is 0.261 e. The molecular weight excluding hydrogens is 352 g/mol. The Labute approximate surface area is 152 Å². The molecule has 2 aromatic carbocycles. The van der Waals surface area contributed by atoms with Crippen molar-refractivity contribution in [3.8, 4) is 11.8 Å². The van der Waals surface area contributed by atoms with Crippen molar-refractivity contribution in [3.05, 3.63) is 65.7 Å². The van der Waals surface area contributed by atoms with E-state index in [0.29, 0.717) is 18.4 Å². The Hall–Kier alpha value is -2.66. The van der Waals surface area contributed by atoms with Crippen LogP contribution >= 0.6 is 0 Å². The van der Waals surface area contributed by atoms with Crippen molar-refractivity contribution in [2.24, 2.45) is 0 Å². The molecule has 0 saturated carbocycles. The molecule has 1 aliphatic rings. The van der Waals surface area contributed by atoms with Crippen molar-refractivity contribution in [3.63, 3.8) is 0 Å². The first kappa shape index (κ1) is 18.1. The number of hydrogen-bond acceptors (Lipinski definition) is 4. The van der Waals surface area contributed by atoms with Crippen LogP contribution in [0.5, 0.6) is 0 Å². The quantitative estimate of drug-likeness (QED) is 0.490. The normalized spacial score (nSPS) is 17.3. The van der Waals surface area contributed by atoms with E-state index in [-0.39, 0.29) is 11.4 Å². The first-order valence-corrected chi connectivity index (χ1v) is 9.59. The molecule has 2 N–H and O–H groups in total. The van der Waals surface area contributed by atoms with E-state index >= 15 is 0 Å². The number of sulfonamides is 1. The third-order valence-corrected chi connectivity index (χ3v) is 6.12. The number of hydrogen-bond donors (Lipinski definition) is 2. The van der Waals surface area contributed by atoms with E-state index < -0.39 is 22.0 Å². The molecular formula is C19H18N2O4S. The highest BCUT2D eigenvalue weighted by Crippen LogP contribution is 2.26. The van der Waals surface area contributed by atoms with Gasteiger partial charge in [-0.25, -0.2) is 13.9 Å². The minimum absolute atomic E-state index is 0.0976. The first-order chi connectivity index (χ1) is 12.5. The summed E-state index contributed by atoms with van der Waals surface area (Å²) in [5, 5.41) is 8.80. The maximum atomic E-state index is 12.8. The zero-order chi connectivity index (χ0) is 18.6. The Morgan fingerprint density at radius 1 is 1.04 bits per heavy atom. The van der Waals surface area contributed by atoms with Gasteiger partial charge in [0.1, 0.15) is 6.04 Å². The van der Waals surface area contributed by atoms with Gasteiger partial charge in [-0.1, -0.05) is 30.0 Å². The molecule has 1 heterocycles. The fourth-order valence-electron chi connectivity index (χ4n) is 2.88. The van der Waals surface area contributed by atoms with Crippen LogP contribution in [0.4, 0.5) is 0 Å². The van der Waals surface area contributed by atoms with Gasteiger partial charge in [0.05, 0.1) is 4.90 Å². The molecule has 1 aliphatic heterocycles. The van der Waals surface area contributed by atoms with Gasteiger partial charge in [0, 0.05) is 17.7 Å². The van der Waals surface area contributed by atoms with Crippen molar-refractivity contribution < 1.29 is 18.4 Å². The zero-order valence-corrected chi connectivity index (χ0v) is 14.7. The standard InChI is InChI=1S/C19H18N2O4S/c22-19(20-23)18-7-4-14-21(18)26(24,25)17-12-10-16(11-13-17)9-8-15-5-2-1-3-6-15/h1-3,5-6,10-13,18,23H,4,7,14H2,(H,20,22)/t18-/m1/s1. The number of benzene rings is 2. The van der Waals surface area contributed by atoms with Gasteiger partial charge < -0.3 is 0 Å². The Balaban J connectivity index is 1.81. The molecule has 0 spiro atoms. The number of amides is 1. The van der Waals surface area contributed by atoms with Crippen molar-refractivity contribution in [2.75, 3.05) is 6.54 Å². The van der Waals surface area contributed by atoms with E-state index in [1.807, 2.05) is 30.3 Å². The summed E-state index contributed by atoms with van der Waals surface area (Å²) in [5.41, 5.74) is 3.11. The Kier molecular flexibility index (Phi) is 5.38. The second kappa shape index (κ2) is 7.70. The van der Waals surface area contributed by atoms with Crippen LogP contribution in [0.25, 0.3) is 0 Å². The summed E-state index contributed by atoms with van der Waals surface area (Å²) in [4.78, 5) is 11.8. The van der Waals surface area contributed by atoms with Crippen LogP contribution in [-0.4, -0.2) is 36.4 Å². The van der Waals surface area contributed by atoms with E-state index in [9.17, 15) is 13.2 Å². The van der Waals surface area contributed by atoms with E-state index in [2.05, 4.69) is 11.8 Å². The number of hydroxylamine groups is 1. The van der Waals surface area contributed by atoms with E-state index in [1.54, 1.807) is 12.1 Å². The highest BCUT2D eigenvalue weighted by Gasteiger charge is 2.39.